The van der Waals surface area contributed by atoms with Crippen LogP contribution >= 0.6 is 0 Å². The Morgan fingerprint density at radius 2 is 1.95 bits per heavy atom. The van der Waals surface area contributed by atoms with Crippen molar-refractivity contribution in [1.82, 2.24) is 5.43 Å². The fraction of sp³-hybridized carbons (Fsp3) is 0.294. The molecule has 0 radical (unpaired) electrons. The number of nitrogens with one attached hydrogen (secondary N) is 1. The number of aryl methyl sites for hydroxylation is 1. The van der Waals surface area contributed by atoms with Gasteiger partial charge in [0.1, 0.15) is 11.6 Å². The second-order valence-corrected chi connectivity index (χ2v) is 5.50. The molecule has 4 heteroatoms. The Bertz CT molecular complexity index is 640. The molecule has 0 aromatic heterocycles. The summed E-state index contributed by atoms with van der Waals surface area (Å²) >= 11 is 0. The molecule has 0 amide bonds. The van der Waals surface area contributed by atoms with E-state index in [2.05, 4.69) is 5.43 Å². The Balaban J connectivity index is 1.89. The fourth-order valence-electron chi connectivity index (χ4n) is 2.38. The minimum absolute atomic E-state index is 0.188. The molecule has 1 aliphatic carbocycles. The zero-order valence-electron chi connectivity index (χ0n) is 12.0. The summed E-state index contributed by atoms with van der Waals surface area (Å²) in [6.07, 6.45) is 2.61. The first-order valence-electron chi connectivity index (χ1n) is 7.16. The number of benzene rings is 2. The number of hydrogen-bond acceptors (Lipinski definition) is 3. The molecule has 1 unspecified atom stereocenters. The lowest BCUT2D eigenvalue weighted by molar-refractivity contribution is 0.302. The summed E-state index contributed by atoms with van der Waals surface area (Å²) in [5.74, 6) is 6.35. The van der Waals surface area contributed by atoms with E-state index < -0.39 is 0 Å². The van der Waals surface area contributed by atoms with Crippen molar-refractivity contribution in [3.63, 3.8) is 0 Å². The number of hydrogen-bond donors (Lipinski definition) is 2. The van der Waals surface area contributed by atoms with Gasteiger partial charge in [0.05, 0.1) is 12.1 Å². The van der Waals surface area contributed by atoms with Crippen LogP contribution < -0.4 is 16.0 Å². The van der Waals surface area contributed by atoms with E-state index in [1.165, 1.54) is 6.07 Å². The number of rotatable bonds is 5. The van der Waals surface area contributed by atoms with Crippen molar-refractivity contribution in [3.8, 4) is 5.75 Å². The lowest BCUT2D eigenvalue weighted by Crippen LogP contribution is -2.29. The fourth-order valence-corrected chi connectivity index (χ4v) is 2.38. The molecule has 0 spiro atoms. The van der Waals surface area contributed by atoms with Crippen molar-refractivity contribution in [2.24, 2.45) is 5.84 Å². The van der Waals surface area contributed by atoms with Gasteiger partial charge in [-0.2, -0.15) is 0 Å². The van der Waals surface area contributed by atoms with Crippen molar-refractivity contribution < 1.29 is 9.13 Å². The van der Waals surface area contributed by atoms with Crippen LogP contribution in [0, 0.1) is 12.7 Å². The minimum Gasteiger partial charge on any atom is -0.490 e. The molecule has 3 nitrogen and oxygen atoms in total. The van der Waals surface area contributed by atoms with Gasteiger partial charge in [0.25, 0.3) is 0 Å². The molecule has 1 atom stereocenters. The SMILES string of the molecule is Cc1cc(C(NN)c2cccc(OC3CC3)c2)ccc1F. The van der Waals surface area contributed by atoms with Crippen molar-refractivity contribution in [2.75, 3.05) is 0 Å². The zero-order valence-corrected chi connectivity index (χ0v) is 12.0. The summed E-state index contributed by atoms with van der Waals surface area (Å²) < 4.78 is 19.2. The smallest absolute Gasteiger partial charge is 0.126 e. The molecule has 1 fully saturated rings. The molecular formula is C17H19FN2O. The second kappa shape index (κ2) is 5.84. The molecule has 2 aromatic carbocycles. The van der Waals surface area contributed by atoms with Gasteiger partial charge in [-0.1, -0.05) is 24.3 Å². The first kappa shape index (κ1) is 14.0. The predicted molar refractivity (Wildman–Crippen MR) is 80.4 cm³/mol. The van der Waals surface area contributed by atoms with E-state index in [-0.39, 0.29) is 11.9 Å². The molecule has 3 rings (SSSR count). The van der Waals surface area contributed by atoms with Crippen molar-refractivity contribution >= 4 is 0 Å². The van der Waals surface area contributed by atoms with Gasteiger partial charge in [0.2, 0.25) is 0 Å². The normalized spacial score (nSPS) is 15.8. The molecule has 0 heterocycles. The van der Waals surface area contributed by atoms with Gasteiger partial charge >= 0.3 is 0 Å². The third-order valence-electron chi connectivity index (χ3n) is 3.70. The monoisotopic (exact) mass is 286 g/mol. The molecular weight excluding hydrogens is 267 g/mol. The van der Waals surface area contributed by atoms with E-state index in [9.17, 15) is 4.39 Å². The summed E-state index contributed by atoms with van der Waals surface area (Å²) in [6.45, 7) is 1.75. The lowest BCUT2D eigenvalue weighted by atomic mass is 9.97. The van der Waals surface area contributed by atoms with Gasteiger partial charge < -0.3 is 4.74 Å². The van der Waals surface area contributed by atoms with E-state index in [0.717, 1.165) is 29.7 Å². The third kappa shape index (κ3) is 3.23. The van der Waals surface area contributed by atoms with E-state index in [4.69, 9.17) is 10.6 Å². The maximum absolute atomic E-state index is 13.4. The van der Waals surface area contributed by atoms with Crippen LogP contribution in [0.15, 0.2) is 42.5 Å². The van der Waals surface area contributed by atoms with Crippen molar-refractivity contribution in [3.05, 3.63) is 65.0 Å². The molecule has 21 heavy (non-hydrogen) atoms. The summed E-state index contributed by atoms with van der Waals surface area (Å²) in [5.41, 5.74) is 5.34. The highest BCUT2D eigenvalue weighted by atomic mass is 19.1. The zero-order chi connectivity index (χ0) is 14.8. The first-order valence-corrected chi connectivity index (χ1v) is 7.16. The molecule has 3 N–H and O–H groups in total. The van der Waals surface area contributed by atoms with E-state index in [1.54, 1.807) is 13.0 Å². The average Bonchev–Trinajstić information content (AvgIpc) is 3.28. The standard InChI is InChI=1S/C17H19FN2O/c1-11-9-13(5-8-16(11)18)17(20-19)12-3-2-4-15(10-12)21-14-6-7-14/h2-5,8-10,14,17,20H,6-7,19H2,1H3. The van der Waals surface area contributed by atoms with E-state index in [0.29, 0.717) is 11.7 Å². The van der Waals surface area contributed by atoms with Crippen LogP contribution in [-0.4, -0.2) is 6.10 Å². The molecule has 110 valence electrons. The Morgan fingerprint density at radius 3 is 2.62 bits per heavy atom. The predicted octanol–water partition coefficient (Wildman–Crippen LogP) is 3.23. The Hall–Kier alpha value is -1.91. The van der Waals surface area contributed by atoms with Gasteiger partial charge in [-0.25, -0.2) is 9.82 Å². The van der Waals surface area contributed by atoms with Gasteiger partial charge in [-0.05, 0) is 54.7 Å². The van der Waals surface area contributed by atoms with Crippen molar-refractivity contribution in [2.45, 2.75) is 31.9 Å². The van der Waals surface area contributed by atoms with Crippen LogP contribution in [0.4, 0.5) is 4.39 Å². The highest BCUT2D eigenvalue weighted by molar-refractivity contribution is 5.38. The summed E-state index contributed by atoms with van der Waals surface area (Å²) in [5, 5.41) is 0. The van der Waals surface area contributed by atoms with Crippen LogP contribution in [0.2, 0.25) is 0 Å². The Labute approximate surface area is 123 Å². The van der Waals surface area contributed by atoms with Gasteiger partial charge in [0.15, 0.2) is 0 Å². The van der Waals surface area contributed by atoms with Crippen molar-refractivity contribution in [1.29, 1.82) is 0 Å². The summed E-state index contributed by atoms with van der Waals surface area (Å²) in [4.78, 5) is 0. The quantitative estimate of drug-likeness (QED) is 0.655. The Morgan fingerprint density at radius 1 is 1.19 bits per heavy atom. The molecule has 1 saturated carbocycles. The van der Waals surface area contributed by atoms with Crippen LogP contribution in [-0.2, 0) is 0 Å². The number of halogens is 1. The molecule has 2 aromatic rings. The third-order valence-corrected chi connectivity index (χ3v) is 3.70. The average molecular weight is 286 g/mol. The Kier molecular flexibility index (Phi) is 3.90. The number of hydrazine groups is 1. The van der Waals surface area contributed by atoms with Crippen LogP contribution in [0.5, 0.6) is 5.75 Å². The van der Waals surface area contributed by atoms with Crippen LogP contribution in [0.1, 0.15) is 35.6 Å². The summed E-state index contributed by atoms with van der Waals surface area (Å²) in [6, 6.07) is 12.7. The second-order valence-electron chi connectivity index (χ2n) is 5.50. The maximum atomic E-state index is 13.4. The molecule has 0 bridgehead atoms. The first-order chi connectivity index (χ1) is 10.2. The van der Waals surface area contributed by atoms with Gasteiger partial charge in [0, 0.05) is 0 Å². The lowest BCUT2D eigenvalue weighted by Gasteiger charge is -2.18. The highest BCUT2D eigenvalue weighted by Crippen LogP contribution is 2.30. The van der Waals surface area contributed by atoms with E-state index in [1.807, 2.05) is 30.3 Å². The minimum atomic E-state index is -0.208. The highest BCUT2D eigenvalue weighted by Gasteiger charge is 2.24. The molecule has 0 aliphatic heterocycles. The topological polar surface area (TPSA) is 47.3 Å². The van der Waals surface area contributed by atoms with Crippen LogP contribution in [0.3, 0.4) is 0 Å². The number of nitrogens with two attached hydrogens (primary N) is 1. The van der Waals surface area contributed by atoms with Crippen LogP contribution in [0.25, 0.3) is 0 Å². The molecule has 0 saturated heterocycles. The van der Waals surface area contributed by atoms with Gasteiger partial charge in [-0.15, -0.1) is 0 Å². The molecule has 1 aliphatic rings. The van der Waals surface area contributed by atoms with Gasteiger partial charge in [-0.3, -0.25) is 5.84 Å². The number of ether oxygens (including phenoxy) is 1. The van der Waals surface area contributed by atoms with E-state index >= 15 is 0 Å². The largest absolute Gasteiger partial charge is 0.490 e. The maximum Gasteiger partial charge on any atom is 0.126 e. The summed E-state index contributed by atoms with van der Waals surface area (Å²) in [7, 11) is 0.